The molecule has 1 heterocycles. The van der Waals surface area contributed by atoms with E-state index >= 15 is 0 Å². The third-order valence-electron chi connectivity index (χ3n) is 4.63. The number of aromatic nitrogens is 1. The molecular formula is C21H25ClF3N3O7S. The first-order valence-electron chi connectivity index (χ1n) is 10.3. The van der Waals surface area contributed by atoms with Gasteiger partial charge in [0.05, 0.1) is 25.3 Å². The fourth-order valence-corrected chi connectivity index (χ4v) is 3.77. The summed E-state index contributed by atoms with van der Waals surface area (Å²) in [6.45, 7) is 0.177. The number of nitrogens with zero attached hydrogens (tertiary/aromatic N) is 2. The highest BCUT2D eigenvalue weighted by molar-refractivity contribution is 7.87. The summed E-state index contributed by atoms with van der Waals surface area (Å²) < 4.78 is 83.8. The molecule has 10 nitrogen and oxygen atoms in total. The second-order valence-corrected chi connectivity index (χ2v) is 9.10. The summed E-state index contributed by atoms with van der Waals surface area (Å²) >= 11 is 5.96. The van der Waals surface area contributed by atoms with E-state index in [0.29, 0.717) is 34.5 Å². The summed E-state index contributed by atoms with van der Waals surface area (Å²) in [5.74, 6) is -0.665. The third-order valence-corrected chi connectivity index (χ3v) is 5.90. The first-order chi connectivity index (χ1) is 16.9. The predicted molar refractivity (Wildman–Crippen MR) is 123 cm³/mol. The van der Waals surface area contributed by atoms with E-state index in [2.05, 4.69) is 4.98 Å². The molecule has 0 unspecified atom stereocenters. The average Bonchev–Trinajstić information content (AvgIpc) is 2.78. The lowest BCUT2D eigenvalue weighted by Gasteiger charge is -2.20. The Hall–Kier alpha value is -2.65. The molecule has 0 radical (unpaired) electrons. The normalized spacial score (nSPS) is 11.9. The second kappa shape index (κ2) is 13.1. The van der Waals surface area contributed by atoms with Crippen molar-refractivity contribution in [2.75, 3.05) is 40.6 Å². The number of carbonyl (C=O) groups excluding carboxylic acids is 1. The molecule has 0 saturated heterocycles. The number of carbonyl (C=O) groups is 1. The van der Waals surface area contributed by atoms with E-state index in [1.807, 2.05) is 0 Å². The molecule has 36 heavy (non-hydrogen) atoms. The SMILES string of the molecule is COCCOc1ccc(CCC(=O)N(CCOC)S(N)(=O)=O)c(Oc2ncc(C(F)(F)F)cc2Cl)c1. The van der Waals surface area contributed by atoms with Crippen LogP contribution in [0.5, 0.6) is 17.4 Å². The summed E-state index contributed by atoms with van der Waals surface area (Å²) in [6.07, 6.45) is -4.37. The molecule has 15 heteroatoms. The van der Waals surface area contributed by atoms with Gasteiger partial charge in [-0.15, -0.1) is 0 Å². The van der Waals surface area contributed by atoms with Gasteiger partial charge in [0, 0.05) is 32.9 Å². The Balaban J connectivity index is 2.31. The molecule has 1 aromatic carbocycles. The fraction of sp³-hybridized carbons (Fsp3) is 0.429. The Kier molecular flexibility index (Phi) is 10.7. The van der Waals surface area contributed by atoms with E-state index in [9.17, 15) is 26.4 Å². The number of methoxy groups -OCH3 is 2. The zero-order chi connectivity index (χ0) is 26.9. The molecule has 0 aliphatic heterocycles. The molecule has 0 aliphatic rings. The molecular weight excluding hydrogens is 531 g/mol. The van der Waals surface area contributed by atoms with E-state index in [-0.39, 0.29) is 44.2 Å². The Bertz CT molecular complexity index is 1150. The average molecular weight is 556 g/mol. The van der Waals surface area contributed by atoms with Gasteiger partial charge >= 0.3 is 16.4 Å². The Labute approximate surface area is 211 Å². The van der Waals surface area contributed by atoms with Gasteiger partial charge < -0.3 is 18.9 Å². The van der Waals surface area contributed by atoms with Gasteiger partial charge in [0.15, 0.2) is 0 Å². The lowest BCUT2D eigenvalue weighted by molar-refractivity contribution is -0.137. The van der Waals surface area contributed by atoms with Crippen LogP contribution in [0, 0.1) is 0 Å². The number of nitrogens with two attached hydrogens (primary N) is 1. The summed E-state index contributed by atoms with van der Waals surface area (Å²) in [6, 6.07) is 5.24. The van der Waals surface area contributed by atoms with Gasteiger partial charge in [-0.3, -0.25) is 4.79 Å². The number of hydrogen-bond acceptors (Lipinski definition) is 8. The molecule has 0 spiro atoms. The first-order valence-corrected chi connectivity index (χ1v) is 12.2. The molecule has 2 aromatic rings. The van der Waals surface area contributed by atoms with Crippen molar-refractivity contribution in [3.05, 3.63) is 46.6 Å². The van der Waals surface area contributed by atoms with Crippen LogP contribution in [0.15, 0.2) is 30.5 Å². The molecule has 0 aliphatic carbocycles. The minimum absolute atomic E-state index is 0.0101. The Morgan fingerprint density at radius 2 is 1.83 bits per heavy atom. The minimum Gasteiger partial charge on any atom is -0.491 e. The number of alkyl halides is 3. The largest absolute Gasteiger partial charge is 0.491 e. The smallest absolute Gasteiger partial charge is 0.417 e. The van der Waals surface area contributed by atoms with Crippen LogP contribution in [0.1, 0.15) is 17.5 Å². The maximum atomic E-state index is 12.9. The van der Waals surface area contributed by atoms with Crippen molar-refractivity contribution in [3.8, 4) is 17.4 Å². The molecule has 1 amide bonds. The fourth-order valence-electron chi connectivity index (χ4n) is 2.86. The van der Waals surface area contributed by atoms with Gasteiger partial charge in [0.1, 0.15) is 23.1 Å². The van der Waals surface area contributed by atoms with Crippen LogP contribution in [-0.4, -0.2) is 64.2 Å². The highest BCUT2D eigenvalue weighted by Crippen LogP contribution is 2.36. The molecule has 2 rings (SSSR count). The van der Waals surface area contributed by atoms with Crippen LogP contribution in [0.2, 0.25) is 5.02 Å². The zero-order valence-corrected chi connectivity index (χ0v) is 21.0. The van der Waals surface area contributed by atoms with Crippen molar-refractivity contribution in [1.82, 2.24) is 9.29 Å². The van der Waals surface area contributed by atoms with Crippen molar-refractivity contribution in [2.45, 2.75) is 19.0 Å². The van der Waals surface area contributed by atoms with E-state index in [0.717, 1.165) is 0 Å². The quantitative estimate of drug-likeness (QED) is 0.373. The van der Waals surface area contributed by atoms with Crippen LogP contribution >= 0.6 is 11.6 Å². The molecule has 0 saturated carbocycles. The summed E-state index contributed by atoms with van der Waals surface area (Å²) in [5, 5.41) is 4.74. The molecule has 0 bridgehead atoms. The standard InChI is InChI=1S/C21H25ClF3N3O7S/c1-32-8-7-28(36(26,30)31)19(29)6-4-14-3-5-16(34-10-9-33-2)12-18(14)35-20-17(22)11-15(13-27-20)21(23,24)25/h3,5,11-13H,4,6-10H2,1-2H3,(H2,26,30,31). The van der Waals surface area contributed by atoms with Crippen LogP contribution in [0.3, 0.4) is 0 Å². The predicted octanol–water partition coefficient (Wildman–Crippen LogP) is 3.18. The monoisotopic (exact) mass is 555 g/mol. The minimum atomic E-state index is -4.65. The number of rotatable bonds is 13. The van der Waals surface area contributed by atoms with Crippen molar-refractivity contribution >= 4 is 27.7 Å². The van der Waals surface area contributed by atoms with Crippen molar-refractivity contribution < 1.29 is 45.3 Å². The van der Waals surface area contributed by atoms with Gasteiger partial charge in [0.25, 0.3) is 0 Å². The summed E-state index contributed by atoms with van der Waals surface area (Å²) in [4.78, 5) is 16.2. The van der Waals surface area contributed by atoms with E-state index in [1.54, 1.807) is 12.1 Å². The molecule has 200 valence electrons. The molecule has 1 aromatic heterocycles. The summed E-state index contributed by atoms with van der Waals surface area (Å²) in [5.41, 5.74) is -0.650. The van der Waals surface area contributed by atoms with Gasteiger partial charge in [-0.1, -0.05) is 17.7 Å². The van der Waals surface area contributed by atoms with E-state index in [4.69, 9.17) is 35.7 Å². The Morgan fingerprint density at radius 3 is 2.42 bits per heavy atom. The number of benzene rings is 1. The van der Waals surface area contributed by atoms with Gasteiger partial charge in [-0.05, 0) is 24.1 Å². The number of halogens is 4. The topological polar surface area (TPSA) is 130 Å². The van der Waals surface area contributed by atoms with Crippen molar-refractivity contribution in [3.63, 3.8) is 0 Å². The molecule has 0 fully saturated rings. The van der Waals surface area contributed by atoms with Crippen molar-refractivity contribution in [2.24, 2.45) is 5.14 Å². The Morgan fingerprint density at radius 1 is 1.14 bits per heavy atom. The maximum Gasteiger partial charge on any atom is 0.417 e. The van der Waals surface area contributed by atoms with Crippen molar-refractivity contribution in [1.29, 1.82) is 0 Å². The number of amides is 1. The number of hydrogen-bond donors (Lipinski definition) is 1. The first kappa shape index (κ1) is 29.6. The van der Waals surface area contributed by atoms with E-state index < -0.39 is 32.9 Å². The molecule has 0 atom stereocenters. The number of ether oxygens (including phenoxy) is 4. The van der Waals surface area contributed by atoms with Gasteiger partial charge in [-0.25, -0.2) is 14.4 Å². The number of aryl methyl sites for hydroxylation is 1. The lowest BCUT2D eigenvalue weighted by atomic mass is 10.1. The van der Waals surface area contributed by atoms with Crippen LogP contribution in [-0.2, 0) is 37.1 Å². The summed E-state index contributed by atoms with van der Waals surface area (Å²) in [7, 11) is -1.49. The number of pyridine rings is 1. The van der Waals surface area contributed by atoms with Gasteiger partial charge in [0.2, 0.25) is 11.8 Å². The zero-order valence-electron chi connectivity index (χ0n) is 19.4. The van der Waals surface area contributed by atoms with Crippen LogP contribution in [0.4, 0.5) is 13.2 Å². The van der Waals surface area contributed by atoms with E-state index in [1.165, 1.54) is 20.3 Å². The third kappa shape index (κ3) is 8.78. The highest BCUT2D eigenvalue weighted by Gasteiger charge is 2.32. The highest BCUT2D eigenvalue weighted by atomic mass is 35.5. The lowest BCUT2D eigenvalue weighted by Crippen LogP contribution is -2.43. The van der Waals surface area contributed by atoms with Gasteiger partial charge in [-0.2, -0.15) is 21.6 Å². The molecule has 2 N–H and O–H groups in total. The second-order valence-electron chi connectivity index (χ2n) is 7.23. The van der Waals surface area contributed by atoms with Crippen LogP contribution in [0.25, 0.3) is 0 Å². The van der Waals surface area contributed by atoms with Crippen LogP contribution < -0.4 is 14.6 Å². The maximum absolute atomic E-state index is 12.9.